The molecule has 1 aliphatic heterocycles. The molecule has 116 valence electrons. The van der Waals surface area contributed by atoms with E-state index in [0.29, 0.717) is 17.5 Å². The van der Waals surface area contributed by atoms with Gasteiger partial charge in [-0.15, -0.1) is 0 Å². The molecule has 0 bridgehead atoms. The molecule has 0 aromatic carbocycles. The van der Waals surface area contributed by atoms with Crippen LogP contribution in [0.15, 0.2) is 30.9 Å². The lowest BCUT2D eigenvalue weighted by molar-refractivity contribution is 0.387. The van der Waals surface area contributed by atoms with Crippen molar-refractivity contribution in [3.8, 4) is 5.75 Å². The molecular weight excluding hydrogens is 278 g/mol. The van der Waals surface area contributed by atoms with Crippen LogP contribution in [-0.2, 0) is 6.42 Å². The number of methoxy groups -OCH3 is 1. The van der Waals surface area contributed by atoms with Crippen molar-refractivity contribution in [1.82, 2.24) is 15.0 Å². The second-order valence-corrected chi connectivity index (χ2v) is 5.61. The summed E-state index contributed by atoms with van der Waals surface area (Å²) in [5, 5.41) is 0. The van der Waals surface area contributed by atoms with Crippen molar-refractivity contribution < 1.29 is 4.74 Å². The lowest BCUT2D eigenvalue weighted by atomic mass is 9.91. The van der Waals surface area contributed by atoms with Gasteiger partial charge >= 0.3 is 0 Å². The Hall–Kier alpha value is -2.37. The Bertz CT molecular complexity index is 611. The molecule has 2 aromatic heterocycles. The Balaban J connectivity index is 1.64. The summed E-state index contributed by atoms with van der Waals surface area (Å²) in [6, 6.07) is 4.15. The van der Waals surface area contributed by atoms with Crippen molar-refractivity contribution in [1.29, 1.82) is 0 Å². The average Bonchev–Trinajstić information content (AvgIpc) is 2.56. The zero-order valence-electron chi connectivity index (χ0n) is 12.8. The fraction of sp³-hybridized carbons (Fsp3) is 0.438. The van der Waals surface area contributed by atoms with Gasteiger partial charge < -0.3 is 15.4 Å². The number of pyridine rings is 1. The molecular formula is C16H21N5O. The predicted molar refractivity (Wildman–Crippen MR) is 85.9 cm³/mol. The second-order valence-electron chi connectivity index (χ2n) is 5.61. The highest BCUT2D eigenvalue weighted by molar-refractivity contribution is 5.62. The van der Waals surface area contributed by atoms with E-state index in [1.165, 1.54) is 11.9 Å². The van der Waals surface area contributed by atoms with Crippen molar-refractivity contribution in [2.75, 3.05) is 30.8 Å². The van der Waals surface area contributed by atoms with Gasteiger partial charge in [-0.3, -0.25) is 4.98 Å². The lowest BCUT2D eigenvalue weighted by Gasteiger charge is -2.33. The van der Waals surface area contributed by atoms with Crippen LogP contribution in [0.4, 0.5) is 11.6 Å². The summed E-state index contributed by atoms with van der Waals surface area (Å²) in [6.45, 7) is 1.91. The van der Waals surface area contributed by atoms with E-state index < -0.39 is 0 Å². The van der Waals surface area contributed by atoms with Crippen LogP contribution in [0.1, 0.15) is 18.4 Å². The summed E-state index contributed by atoms with van der Waals surface area (Å²) in [4.78, 5) is 14.7. The molecule has 0 unspecified atom stereocenters. The molecule has 6 nitrogen and oxygen atoms in total. The highest BCUT2D eigenvalue weighted by Gasteiger charge is 2.23. The van der Waals surface area contributed by atoms with Gasteiger partial charge in [-0.05, 0) is 36.8 Å². The van der Waals surface area contributed by atoms with Crippen LogP contribution in [0, 0.1) is 5.92 Å². The molecule has 3 heterocycles. The molecule has 2 N–H and O–H groups in total. The molecule has 1 fully saturated rings. The maximum absolute atomic E-state index is 5.86. The van der Waals surface area contributed by atoms with Gasteiger partial charge in [-0.2, -0.15) is 0 Å². The van der Waals surface area contributed by atoms with Crippen molar-refractivity contribution in [2.24, 2.45) is 5.92 Å². The van der Waals surface area contributed by atoms with Gasteiger partial charge in [-0.1, -0.05) is 6.07 Å². The van der Waals surface area contributed by atoms with Crippen molar-refractivity contribution >= 4 is 11.6 Å². The Morgan fingerprint density at radius 3 is 2.82 bits per heavy atom. The first-order chi connectivity index (χ1) is 10.8. The van der Waals surface area contributed by atoms with Crippen LogP contribution < -0.4 is 15.4 Å². The van der Waals surface area contributed by atoms with Gasteiger partial charge in [0.1, 0.15) is 6.33 Å². The number of ether oxygens (including phenoxy) is 1. The average molecular weight is 299 g/mol. The van der Waals surface area contributed by atoms with Crippen molar-refractivity contribution in [3.63, 3.8) is 0 Å². The summed E-state index contributed by atoms with van der Waals surface area (Å²) in [5.74, 6) is 2.46. The van der Waals surface area contributed by atoms with E-state index in [0.717, 1.165) is 38.2 Å². The summed E-state index contributed by atoms with van der Waals surface area (Å²) in [5.41, 5.74) is 7.17. The standard InChI is InChI=1S/C16H21N5O/c1-22-14-15(17)19-11-20-16(14)21-7-4-12(5-8-21)9-13-3-2-6-18-10-13/h2-3,6,10-12H,4-5,7-9H2,1H3,(H2,17,19,20). The van der Waals surface area contributed by atoms with Crippen LogP contribution in [0.2, 0.25) is 0 Å². The van der Waals surface area contributed by atoms with Gasteiger partial charge in [0, 0.05) is 25.5 Å². The molecule has 0 saturated carbocycles. The van der Waals surface area contributed by atoms with E-state index in [2.05, 4.69) is 25.9 Å². The molecule has 3 rings (SSSR count). The van der Waals surface area contributed by atoms with Crippen LogP contribution in [0.3, 0.4) is 0 Å². The Kier molecular flexibility index (Phi) is 4.37. The monoisotopic (exact) mass is 299 g/mol. The summed E-state index contributed by atoms with van der Waals surface area (Å²) < 4.78 is 5.35. The number of rotatable bonds is 4. The highest BCUT2D eigenvalue weighted by atomic mass is 16.5. The third-order valence-corrected chi connectivity index (χ3v) is 4.18. The fourth-order valence-corrected chi connectivity index (χ4v) is 3.00. The van der Waals surface area contributed by atoms with E-state index in [9.17, 15) is 0 Å². The van der Waals surface area contributed by atoms with Crippen LogP contribution in [0.25, 0.3) is 0 Å². The maximum Gasteiger partial charge on any atom is 0.204 e. The molecule has 0 aliphatic carbocycles. The van der Waals surface area contributed by atoms with Gasteiger partial charge in [0.25, 0.3) is 0 Å². The van der Waals surface area contributed by atoms with E-state index in [1.54, 1.807) is 7.11 Å². The number of hydrogen-bond donors (Lipinski definition) is 1. The highest BCUT2D eigenvalue weighted by Crippen LogP contribution is 2.33. The topological polar surface area (TPSA) is 77.2 Å². The number of anilines is 2. The Morgan fingerprint density at radius 1 is 1.32 bits per heavy atom. The fourth-order valence-electron chi connectivity index (χ4n) is 3.00. The molecule has 0 amide bonds. The molecule has 0 atom stereocenters. The predicted octanol–water partition coefficient (Wildman–Crippen LogP) is 1.92. The van der Waals surface area contributed by atoms with E-state index in [4.69, 9.17) is 10.5 Å². The van der Waals surface area contributed by atoms with Gasteiger partial charge in [-0.25, -0.2) is 9.97 Å². The molecule has 2 aromatic rings. The molecule has 1 saturated heterocycles. The zero-order valence-corrected chi connectivity index (χ0v) is 12.8. The zero-order chi connectivity index (χ0) is 15.4. The lowest BCUT2D eigenvalue weighted by Crippen LogP contribution is -2.35. The van der Waals surface area contributed by atoms with Gasteiger partial charge in [0.15, 0.2) is 11.6 Å². The number of nitrogens with two attached hydrogens (primary N) is 1. The molecule has 6 heteroatoms. The van der Waals surface area contributed by atoms with Gasteiger partial charge in [0.05, 0.1) is 7.11 Å². The van der Waals surface area contributed by atoms with E-state index in [-0.39, 0.29) is 0 Å². The van der Waals surface area contributed by atoms with Crippen LogP contribution >= 0.6 is 0 Å². The first-order valence-corrected chi connectivity index (χ1v) is 7.56. The van der Waals surface area contributed by atoms with Crippen LogP contribution in [-0.4, -0.2) is 35.2 Å². The largest absolute Gasteiger partial charge is 0.490 e. The third-order valence-electron chi connectivity index (χ3n) is 4.18. The van der Waals surface area contributed by atoms with Crippen molar-refractivity contribution in [2.45, 2.75) is 19.3 Å². The summed E-state index contributed by atoms with van der Waals surface area (Å²) >= 11 is 0. The van der Waals surface area contributed by atoms with E-state index >= 15 is 0 Å². The molecule has 0 radical (unpaired) electrons. The Morgan fingerprint density at radius 2 is 2.14 bits per heavy atom. The first-order valence-electron chi connectivity index (χ1n) is 7.56. The minimum atomic E-state index is 0.394. The smallest absolute Gasteiger partial charge is 0.204 e. The second kappa shape index (κ2) is 6.60. The SMILES string of the molecule is COc1c(N)ncnc1N1CCC(Cc2cccnc2)CC1. The minimum absolute atomic E-state index is 0.394. The van der Waals surface area contributed by atoms with Crippen LogP contribution in [0.5, 0.6) is 5.75 Å². The number of piperidine rings is 1. The number of nitrogen functional groups attached to an aromatic ring is 1. The first kappa shape index (κ1) is 14.6. The molecule has 0 spiro atoms. The third kappa shape index (κ3) is 3.10. The Labute approximate surface area is 130 Å². The van der Waals surface area contributed by atoms with E-state index in [1.807, 2.05) is 18.5 Å². The molecule has 1 aliphatic rings. The summed E-state index contributed by atoms with van der Waals surface area (Å²) in [6.07, 6.45) is 8.61. The van der Waals surface area contributed by atoms with Gasteiger partial charge in [0.2, 0.25) is 5.75 Å². The maximum atomic E-state index is 5.86. The molecule has 22 heavy (non-hydrogen) atoms. The minimum Gasteiger partial charge on any atom is -0.490 e. The number of aromatic nitrogens is 3. The number of hydrogen-bond acceptors (Lipinski definition) is 6. The quantitative estimate of drug-likeness (QED) is 0.929. The summed E-state index contributed by atoms with van der Waals surface area (Å²) in [7, 11) is 1.60. The normalized spacial score (nSPS) is 15.8. The number of nitrogens with zero attached hydrogens (tertiary/aromatic N) is 4. The van der Waals surface area contributed by atoms with Crippen molar-refractivity contribution in [3.05, 3.63) is 36.4 Å².